The number of ketones is 1. The highest BCUT2D eigenvalue weighted by Gasteiger charge is 2.08. The lowest BCUT2D eigenvalue weighted by molar-refractivity contribution is -0.133. The van der Waals surface area contributed by atoms with E-state index in [0.717, 1.165) is 0 Å². The zero-order chi connectivity index (χ0) is 11.4. The van der Waals surface area contributed by atoms with Crippen molar-refractivity contribution < 1.29 is 9.59 Å². The Morgan fingerprint density at radius 2 is 1.71 bits per heavy atom. The second-order valence-electron chi connectivity index (χ2n) is 1.50. The Balaban J connectivity index is 0. The summed E-state index contributed by atoms with van der Waals surface area (Å²) in [6.45, 7) is 0. The van der Waals surface area contributed by atoms with Crippen LogP contribution in [-0.2, 0) is 9.59 Å². The second-order valence-corrected chi connectivity index (χ2v) is 1.50. The molecule has 1 N–H and O–H groups in total. The Morgan fingerprint density at radius 3 is 1.93 bits per heavy atom. The number of rotatable bonds is 0. The molecule has 9 nitrogen and oxygen atoms in total. The fourth-order valence-electron chi connectivity index (χ4n) is 0.376. The Labute approximate surface area is 77.6 Å². The first kappa shape index (κ1) is 13.9. The van der Waals surface area contributed by atoms with Gasteiger partial charge in [0.2, 0.25) is 5.78 Å². The van der Waals surface area contributed by atoms with Crippen molar-refractivity contribution in [2.24, 2.45) is 4.99 Å². The minimum Gasteiger partial charge on any atom is -0.373 e. The first-order valence-corrected chi connectivity index (χ1v) is 2.92. The zero-order valence-corrected chi connectivity index (χ0v) is 6.73. The van der Waals surface area contributed by atoms with Crippen molar-refractivity contribution in [3.63, 3.8) is 0 Å². The van der Waals surface area contributed by atoms with Crippen LogP contribution >= 0.6 is 0 Å². The lowest BCUT2D eigenvalue weighted by Crippen LogP contribution is -2.10. The summed E-state index contributed by atoms with van der Waals surface area (Å²) >= 11 is 0. The van der Waals surface area contributed by atoms with Crippen LogP contribution in [0.15, 0.2) is 17.1 Å². The normalized spacial score (nSPS) is 11.1. The van der Waals surface area contributed by atoms with Crippen molar-refractivity contribution in [3.8, 4) is 0 Å². The molecule has 72 valence electrons. The third-order valence-electron chi connectivity index (χ3n) is 0.736. The summed E-state index contributed by atoms with van der Waals surface area (Å²) in [4.78, 5) is 26.9. The van der Waals surface area contributed by atoms with E-state index >= 15 is 0 Å². The van der Waals surface area contributed by atoms with Gasteiger partial charge >= 0.3 is 5.91 Å². The van der Waals surface area contributed by atoms with Gasteiger partial charge in [0.15, 0.2) is 0 Å². The van der Waals surface area contributed by atoms with Crippen LogP contribution in [0.5, 0.6) is 0 Å². The quantitative estimate of drug-likeness (QED) is 0.267. The van der Waals surface area contributed by atoms with Crippen LogP contribution in [-0.4, -0.2) is 17.9 Å². The molecule has 0 unspecified atom stereocenters. The van der Waals surface area contributed by atoms with E-state index in [0.29, 0.717) is 0 Å². The van der Waals surface area contributed by atoms with Gasteiger partial charge in [-0.2, -0.15) is 0 Å². The number of allylic oxidation sites excluding steroid dienone is 1. The van der Waals surface area contributed by atoms with Crippen LogP contribution in [0.4, 0.5) is 0 Å². The first-order valence-electron chi connectivity index (χ1n) is 2.92. The number of dihydropyridines is 1. The van der Waals surface area contributed by atoms with Crippen molar-refractivity contribution in [1.29, 1.82) is 5.53 Å². The molecule has 1 heterocycles. The number of nitrogens with one attached hydrogen (secondary N) is 1. The molecule has 1 aliphatic heterocycles. The van der Waals surface area contributed by atoms with Gasteiger partial charge < -0.3 is 11.1 Å². The van der Waals surface area contributed by atoms with Crippen LogP contribution in [0, 0.1) is 5.53 Å². The van der Waals surface area contributed by atoms with Crippen molar-refractivity contribution in [2.45, 2.75) is 0 Å². The number of carbonyl (C=O) groups excluding carboxylic acids is 2. The van der Waals surface area contributed by atoms with Gasteiger partial charge in [-0.05, 0) is 22.6 Å². The number of amides is 1. The molecule has 1 aliphatic rings. The fourth-order valence-corrected chi connectivity index (χ4v) is 0.376. The lowest BCUT2D eigenvalue weighted by Gasteiger charge is -1.87. The summed E-state index contributed by atoms with van der Waals surface area (Å²) in [6.07, 6.45) is 3.92. The van der Waals surface area contributed by atoms with Gasteiger partial charge in [0, 0.05) is 6.21 Å². The van der Waals surface area contributed by atoms with Gasteiger partial charge in [-0.1, -0.05) is 0 Å². The maximum Gasteiger partial charge on any atom is 0.317 e. The average Bonchev–Trinajstić information content (AvgIpc) is 2.13. The molecule has 0 aliphatic carbocycles. The Hall–Kier alpha value is -2.63. The van der Waals surface area contributed by atoms with Gasteiger partial charge in [-0.3, -0.25) is 14.5 Å². The summed E-state index contributed by atoms with van der Waals surface area (Å²) in [7, 11) is 0. The van der Waals surface area contributed by atoms with Crippen molar-refractivity contribution in [3.05, 3.63) is 38.6 Å². The molecule has 0 atom stereocenters. The Morgan fingerprint density at radius 1 is 1.29 bits per heavy atom. The highest BCUT2D eigenvalue weighted by molar-refractivity contribution is 6.43. The van der Waals surface area contributed by atoms with E-state index in [4.69, 9.17) is 22.1 Å². The maximum atomic E-state index is 10.2. The predicted molar refractivity (Wildman–Crippen MR) is 47.2 cm³/mol. The van der Waals surface area contributed by atoms with Crippen molar-refractivity contribution in [2.75, 3.05) is 0 Å². The van der Waals surface area contributed by atoms with Crippen LogP contribution < -0.4 is 0 Å². The van der Waals surface area contributed by atoms with Crippen molar-refractivity contribution in [1.82, 2.24) is 0 Å². The molecule has 0 aromatic carbocycles. The highest BCUT2D eigenvalue weighted by atomic mass is 16.2. The molecular weight excluding hydrogens is 190 g/mol. The maximum absolute atomic E-state index is 10.2. The lowest BCUT2D eigenvalue weighted by atomic mass is 10.3. The summed E-state index contributed by atoms with van der Waals surface area (Å²) in [5, 5.41) is 0. The monoisotopic (exact) mass is 194 g/mol. The van der Waals surface area contributed by atoms with Gasteiger partial charge in [0.05, 0.1) is 0 Å². The summed E-state index contributed by atoms with van der Waals surface area (Å²) < 4.78 is 0. The van der Waals surface area contributed by atoms with Gasteiger partial charge in [0.25, 0.3) is 0 Å². The SMILES string of the molecule is O=C1C=CC=NC1=O.[N-]=[N+]=N.[N-]=[N+]=[N-]. The Kier molecular flexibility index (Phi) is 10.3. The molecule has 0 saturated carbocycles. The minimum atomic E-state index is -0.687. The molecular formula is C5H4N7O2-. The summed E-state index contributed by atoms with van der Waals surface area (Å²) in [5.41, 5.74) is 25.8. The number of aliphatic imine (C=N–C) groups is 1. The van der Waals surface area contributed by atoms with E-state index < -0.39 is 11.7 Å². The molecule has 0 aromatic heterocycles. The van der Waals surface area contributed by atoms with E-state index in [1.807, 2.05) is 0 Å². The topological polar surface area (TPSA) is 165 Å². The van der Waals surface area contributed by atoms with E-state index in [-0.39, 0.29) is 0 Å². The predicted octanol–water partition coefficient (Wildman–Crippen LogP) is 1.46. The third-order valence-corrected chi connectivity index (χ3v) is 0.736. The molecule has 9 heteroatoms. The van der Waals surface area contributed by atoms with Crippen molar-refractivity contribution >= 4 is 17.9 Å². The minimum absolute atomic E-state index is 0.549. The standard InChI is InChI=1S/C5H3NO2.HN3.N3/c7-4-2-1-3-6-5(4)8;2*1-3-2/h1-3H;1H;/q;;-1. The zero-order valence-electron chi connectivity index (χ0n) is 6.73. The van der Waals surface area contributed by atoms with Crippen LogP contribution in [0.25, 0.3) is 26.4 Å². The summed E-state index contributed by atoms with van der Waals surface area (Å²) in [6, 6.07) is 0. The highest BCUT2D eigenvalue weighted by Crippen LogP contribution is 1.86. The number of nitrogens with zero attached hydrogens (tertiary/aromatic N) is 6. The average molecular weight is 194 g/mol. The molecule has 1 rings (SSSR count). The summed E-state index contributed by atoms with van der Waals surface area (Å²) in [5.74, 6) is -1.24. The van der Waals surface area contributed by atoms with E-state index in [2.05, 4.69) is 4.99 Å². The van der Waals surface area contributed by atoms with Gasteiger partial charge in [0.1, 0.15) is 0 Å². The number of hydrogen-bond donors (Lipinski definition) is 1. The number of carbonyl (C=O) groups is 2. The van der Waals surface area contributed by atoms with Crippen LogP contribution in [0.2, 0.25) is 0 Å². The van der Waals surface area contributed by atoms with Crippen LogP contribution in [0.3, 0.4) is 0 Å². The molecule has 0 aromatic rings. The fraction of sp³-hybridized carbons (Fsp3) is 0. The largest absolute Gasteiger partial charge is 0.373 e. The van der Waals surface area contributed by atoms with Crippen LogP contribution in [0.1, 0.15) is 0 Å². The molecule has 0 saturated heterocycles. The van der Waals surface area contributed by atoms with E-state index in [9.17, 15) is 9.59 Å². The molecule has 14 heavy (non-hydrogen) atoms. The van der Waals surface area contributed by atoms with Gasteiger partial charge in [-0.15, -0.1) is 5.53 Å². The molecule has 0 bridgehead atoms. The molecule has 0 fully saturated rings. The smallest absolute Gasteiger partial charge is 0.317 e. The van der Waals surface area contributed by atoms with E-state index in [1.165, 1.54) is 23.3 Å². The molecule has 1 amide bonds. The molecule has 0 radical (unpaired) electrons. The number of hydrogen-bond acceptors (Lipinski definition) is 3. The third kappa shape index (κ3) is 9.37. The van der Waals surface area contributed by atoms with Gasteiger partial charge in [-0.25, -0.2) is 4.99 Å². The van der Waals surface area contributed by atoms with E-state index in [1.54, 1.807) is 4.91 Å². The second kappa shape index (κ2) is 10.4. The first-order chi connectivity index (χ1) is 6.63. The Bertz CT molecular complexity index is 296. The molecule has 0 spiro atoms.